The van der Waals surface area contributed by atoms with Gasteiger partial charge in [-0.15, -0.1) is 0 Å². The maximum Gasteiger partial charge on any atom is 0.118 e. The van der Waals surface area contributed by atoms with Gasteiger partial charge in [-0.2, -0.15) is 0 Å². The zero-order valence-corrected chi connectivity index (χ0v) is 12.2. The minimum Gasteiger partial charge on any atom is -0.465 e. The minimum atomic E-state index is 0.826. The van der Waals surface area contributed by atoms with E-state index < -0.39 is 0 Å². The summed E-state index contributed by atoms with van der Waals surface area (Å²) in [5.74, 6) is 3.14. The molecule has 2 atom stereocenters. The van der Waals surface area contributed by atoms with Gasteiger partial charge in [0.15, 0.2) is 0 Å². The zero-order chi connectivity index (χ0) is 13.2. The lowest BCUT2D eigenvalue weighted by atomic mass is 9.91. The fraction of sp³-hybridized carbons (Fsp3) is 0.750. The fourth-order valence-corrected chi connectivity index (χ4v) is 3.98. The lowest BCUT2D eigenvalue weighted by Crippen LogP contribution is -2.41. The smallest absolute Gasteiger partial charge is 0.118 e. The van der Waals surface area contributed by atoms with Crippen molar-refractivity contribution in [3.05, 3.63) is 23.2 Å². The Morgan fingerprint density at radius 3 is 3.00 bits per heavy atom. The SMILES string of the molecule is CNCc1cc(CN2CCCC3CCCC32)c(C)o1. The topological polar surface area (TPSA) is 28.4 Å². The first-order chi connectivity index (χ1) is 9.28. The second-order valence-corrected chi connectivity index (χ2v) is 6.20. The first-order valence-electron chi connectivity index (χ1n) is 7.74. The van der Waals surface area contributed by atoms with Crippen LogP contribution in [0.15, 0.2) is 10.5 Å². The van der Waals surface area contributed by atoms with Gasteiger partial charge >= 0.3 is 0 Å². The maximum atomic E-state index is 5.82. The number of likely N-dealkylation sites (tertiary alicyclic amines) is 1. The van der Waals surface area contributed by atoms with Gasteiger partial charge in [0.05, 0.1) is 6.54 Å². The fourth-order valence-electron chi connectivity index (χ4n) is 3.98. The molecule has 1 aliphatic carbocycles. The van der Waals surface area contributed by atoms with Crippen LogP contribution in [-0.2, 0) is 13.1 Å². The van der Waals surface area contributed by atoms with Crippen molar-refractivity contribution in [3.8, 4) is 0 Å². The molecule has 2 unspecified atom stereocenters. The Kier molecular flexibility index (Phi) is 3.94. The number of rotatable bonds is 4. The third kappa shape index (κ3) is 2.72. The zero-order valence-electron chi connectivity index (χ0n) is 12.2. The molecule has 0 bridgehead atoms. The van der Waals surface area contributed by atoms with E-state index in [1.807, 2.05) is 7.05 Å². The molecule has 1 aliphatic heterocycles. The maximum absolute atomic E-state index is 5.82. The molecule has 3 rings (SSSR count). The second-order valence-electron chi connectivity index (χ2n) is 6.20. The van der Waals surface area contributed by atoms with Gasteiger partial charge in [0.1, 0.15) is 11.5 Å². The Balaban J connectivity index is 1.69. The Hall–Kier alpha value is -0.800. The molecule has 19 heavy (non-hydrogen) atoms. The lowest BCUT2D eigenvalue weighted by molar-refractivity contribution is 0.105. The van der Waals surface area contributed by atoms with E-state index in [9.17, 15) is 0 Å². The minimum absolute atomic E-state index is 0.826. The molecule has 0 spiro atoms. The predicted octanol–water partition coefficient (Wildman–Crippen LogP) is 3.07. The van der Waals surface area contributed by atoms with E-state index >= 15 is 0 Å². The normalized spacial score (nSPS) is 27.7. The summed E-state index contributed by atoms with van der Waals surface area (Å²) < 4.78 is 5.82. The van der Waals surface area contributed by atoms with E-state index in [0.717, 1.165) is 36.6 Å². The third-order valence-electron chi connectivity index (χ3n) is 4.90. The standard InChI is InChI=1S/C16H26N2O/c1-12-14(9-15(19-12)10-17-2)11-18-8-4-6-13-5-3-7-16(13)18/h9,13,16-17H,3-8,10-11H2,1-2H3. The Labute approximate surface area is 116 Å². The number of fused-ring (bicyclic) bond motifs is 1. The molecule has 1 N–H and O–H groups in total. The van der Waals surface area contributed by atoms with Crippen LogP contribution in [0, 0.1) is 12.8 Å². The van der Waals surface area contributed by atoms with Gasteiger partial charge in [-0.05, 0) is 58.2 Å². The summed E-state index contributed by atoms with van der Waals surface area (Å²) in [6, 6.07) is 3.08. The molecular formula is C16H26N2O. The summed E-state index contributed by atoms with van der Waals surface area (Å²) in [7, 11) is 1.96. The second kappa shape index (κ2) is 5.68. The van der Waals surface area contributed by atoms with Crippen molar-refractivity contribution >= 4 is 0 Å². The highest BCUT2D eigenvalue weighted by molar-refractivity contribution is 5.21. The van der Waals surface area contributed by atoms with E-state index in [-0.39, 0.29) is 0 Å². The van der Waals surface area contributed by atoms with Crippen LogP contribution in [0.4, 0.5) is 0 Å². The molecule has 106 valence electrons. The molecule has 3 nitrogen and oxygen atoms in total. The summed E-state index contributed by atoms with van der Waals surface area (Å²) in [6.07, 6.45) is 7.13. The number of nitrogens with one attached hydrogen (secondary N) is 1. The predicted molar refractivity (Wildman–Crippen MR) is 77.0 cm³/mol. The monoisotopic (exact) mass is 262 g/mol. The molecule has 2 heterocycles. The highest BCUT2D eigenvalue weighted by atomic mass is 16.3. The number of hydrogen-bond acceptors (Lipinski definition) is 3. The number of piperidine rings is 1. The summed E-state index contributed by atoms with van der Waals surface area (Å²) in [4.78, 5) is 2.71. The van der Waals surface area contributed by atoms with E-state index in [0.29, 0.717) is 0 Å². The van der Waals surface area contributed by atoms with Crippen LogP contribution in [0.2, 0.25) is 0 Å². The first kappa shape index (κ1) is 13.2. The van der Waals surface area contributed by atoms with Crippen molar-refractivity contribution in [3.63, 3.8) is 0 Å². The van der Waals surface area contributed by atoms with Crippen molar-refractivity contribution in [2.75, 3.05) is 13.6 Å². The van der Waals surface area contributed by atoms with E-state index in [4.69, 9.17) is 4.42 Å². The van der Waals surface area contributed by atoms with Gasteiger partial charge in [-0.25, -0.2) is 0 Å². The van der Waals surface area contributed by atoms with E-state index in [2.05, 4.69) is 23.2 Å². The molecule has 0 amide bonds. The van der Waals surface area contributed by atoms with Crippen LogP contribution >= 0.6 is 0 Å². The molecule has 1 aromatic heterocycles. The molecule has 0 aromatic carbocycles. The molecule has 1 saturated heterocycles. The van der Waals surface area contributed by atoms with Gasteiger partial charge in [0, 0.05) is 18.2 Å². The van der Waals surface area contributed by atoms with Gasteiger partial charge in [-0.3, -0.25) is 4.90 Å². The summed E-state index contributed by atoms with van der Waals surface area (Å²) in [5.41, 5.74) is 1.39. The van der Waals surface area contributed by atoms with Crippen LogP contribution in [0.3, 0.4) is 0 Å². The van der Waals surface area contributed by atoms with Crippen LogP contribution in [0.5, 0.6) is 0 Å². The summed E-state index contributed by atoms with van der Waals surface area (Å²) in [5, 5.41) is 3.16. The Bertz CT molecular complexity index is 426. The molecule has 2 aliphatic rings. The third-order valence-corrected chi connectivity index (χ3v) is 4.90. The van der Waals surface area contributed by atoms with Gasteiger partial charge in [-0.1, -0.05) is 6.42 Å². The molecule has 1 saturated carbocycles. The van der Waals surface area contributed by atoms with Gasteiger partial charge in [0.2, 0.25) is 0 Å². The summed E-state index contributed by atoms with van der Waals surface area (Å²) in [6.45, 7) is 5.28. The van der Waals surface area contributed by atoms with Crippen molar-refractivity contribution < 1.29 is 4.42 Å². The quantitative estimate of drug-likeness (QED) is 0.904. The summed E-state index contributed by atoms with van der Waals surface area (Å²) >= 11 is 0. The molecular weight excluding hydrogens is 236 g/mol. The van der Waals surface area contributed by atoms with Gasteiger partial charge in [0.25, 0.3) is 0 Å². The molecule has 1 aromatic rings. The van der Waals surface area contributed by atoms with Crippen molar-refractivity contribution in [1.82, 2.24) is 10.2 Å². The number of nitrogens with zero attached hydrogens (tertiary/aromatic N) is 1. The molecule has 2 fully saturated rings. The number of hydrogen-bond donors (Lipinski definition) is 1. The molecule has 0 radical (unpaired) electrons. The lowest BCUT2D eigenvalue weighted by Gasteiger charge is -2.37. The van der Waals surface area contributed by atoms with Crippen LogP contribution in [-0.4, -0.2) is 24.5 Å². The molecule has 3 heteroatoms. The average molecular weight is 262 g/mol. The Morgan fingerprint density at radius 2 is 2.16 bits per heavy atom. The van der Waals surface area contributed by atoms with Crippen molar-refractivity contribution in [2.45, 2.75) is 58.2 Å². The highest BCUT2D eigenvalue weighted by Gasteiger charge is 2.35. The van der Waals surface area contributed by atoms with Crippen molar-refractivity contribution in [2.24, 2.45) is 5.92 Å². The highest BCUT2D eigenvalue weighted by Crippen LogP contribution is 2.37. The van der Waals surface area contributed by atoms with E-state index in [1.54, 1.807) is 0 Å². The van der Waals surface area contributed by atoms with Crippen molar-refractivity contribution in [1.29, 1.82) is 0 Å². The van der Waals surface area contributed by atoms with E-state index in [1.165, 1.54) is 44.2 Å². The number of aryl methyl sites for hydroxylation is 1. The average Bonchev–Trinajstić information content (AvgIpc) is 2.98. The Morgan fingerprint density at radius 1 is 1.32 bits per heavy atom. The van der Waals surface area contributed by atoms with Crippen LogP contribution in [0.1, 0.15) is 49.2 Å². The van der Waals surface area contributed by atoms with Crippen LogP contribution < -0.4 is 5.32 Å². The van der Waals surface area contributed by atoms with Gasteiger partial charge < -0.3 is 9.73 Å². The van der Waals surface area contributed by atoms with Crippen LogP contribution in [0.25, 0.3) is 0 Å². The largest absolute Gasteiger partial charge is 0.465 e. The first-order valence-corrected chi connectivity index (χ1v) is 7.74. The number of furan rings is 1.